The molecule has 0 unspecified atom stereocenters. The van der Waals surface area contributed by atoms with Crippen LogP contribution in [-0.4, -0.2) is 60.3 Å². The van der Waals surface area contributed by atoms with Crippen molar-refractivity contribution in [3.63, 3.8) is 0 Å². The summed E-state index contributed by atoms with van der Waals surface area (Å²) in [6.45, 7) is 2.69. The van der Waals surface area contributed by atoms with E-state index in [4.69, 9.17) is 21.5 Å². The van der Waals surface area contributed by atoms with Gasteiger partial charge in [0.25, 0.3) is 16.5 Å². The molecule has 0 bridgehead atoms. The third-order valence-corrected chi connectivity index (χ3v) is 8.14. The Morgan fingerprint density at radius 3 is 2.61 bits per heavy atom. The second-order valence-electron chi connectivity index (χ2n) is 9.12. The van der Waals surface area contributed by atoms with Gasteiger partial charge in [0, 0.05) is 31.1 Å². The van der Waals surface area contributed by atoms with Gasteiger partial charge in [0.2, 0.25) is 5.95 Å². The van der Waals surface area contributed by atoms with Crippen LogP contribution in [0.5, 0.6) is 0 Å². The molecule has 2 aromatic heterocycles. The fourth-order valence-corrected chi connectivity index (χ4v) is 5.97. The van der Waals surface area contributed by atoms with Crippen LogP contribution in [0.25, 0.3) is 22.3 Å². The van der Waals surface area contributed by atoms with Gasteiger partial charge in [-0.15, -0.1) is 0 Å². The fraction of sp³-hybridized carbons (Fsp3) is 0.259. The number of halogens is 3. The highest BCUT2D eigenvalue weighted by Crippen LogP contribution is 2.29. The number of sulfonamides is 1. The lowest BCUT2D eigenvalue weighted by Crippen LogP contribution is -2.44. The van der Waals surface area contributed by atoms with Gasteiger partial charge in [-0.05, 0) is 42.3 Å². The van der Waals surface area contributed by atoms with Crippen LogP contribution in [0.15, 0.2) is 59.6 Å². The van der Waals surface area contributed by atoms with Gasteiger partial charge in [-0.25, -0.2) is 32.2 Å². The van der Waals surface area contributed by atoms with Crippen molar-refractivity contribution < 1.29 is 27.1 Å². The Labute approximate surface area is 240 Å². The highest BCUT2D eigenvalue weighted by Gasteiger charge is 2.22. The summed E-state index contributed by atoms with van der Waals surface area (Å²) >= 11 is 6.01. The lowest BCUT2D eigenvalue weighted by atomic mass is 10.1. The van der Waals surface area contributed by atoms with Crippen LogP contribution < -0.4 is 15.4 Å². The molecule has 216 valence electrons. The van der Waals surface area contributed by atoms with E-state index in [1.165, 1.54) is 30.3 Å². The van der Waals surface area contributed by atoms with Crippen LogP contribution in [0.1, 0.15) is 18.9 Å². The second-order valence-corrected chi connectivity index (χ2v) is 11.2. The lowest BCUT2D eigenvalue weighted by molar-refractivity contribution is -0.122. The number of carbonyl (C=O) groups is 1. The Hall–Kier alpha value is -3.94. The molecule has 14 heteroatoms. The smallest absolute Gasteiger partial charge is 0.290 e. The average Bonchev–Trinajstić information content (AvgIpc) is 2.94. The molecule has 4 N–H and O–H groups in total. The number of nitrogens with one attached hydrogen (secondary N) is 3. The van der Waals surface area contributed by atoms with E-state index < -0.39 is 22.0 Å². The number of rotatable bonds is 7. The van der Waals surface area contributed by atoms with Crippen molar-refractivity contribution in [2.75, 3.05) is 23.1 Å². The first-order chi connectivity index (χ1) is 19.6. The average molecular weight is 605 g/mol. The molecule has 0 saturated carbocycles. The lowest BCUT2D eigenvalue weighted by Gasteiger charge is -2.26. The summed E-state index contributed by atoms with van der Waals surface area (Å²) in [5.74, 6) is -0.370. The molecule has 1 fully saturated rings. The zero-order valence-corrected chi connectivity index (χ0v) is 23.4. The number of carboxylic acid groups (broad SMARTS) is 1. The van der Waals surface area contributed by atoms with E-state index in [0.29, 0.717) is 54.2 Å². The first kappa shape index (κ1) is 30.0. The third-order valence-electron chi connectivity index (χ3n) is 6.27. The van der Waals surface area contributed by atoms with Gasteiger partial charge in [-0.2, -0.15) is 0 Å². The highest BCUT2D eigenvalue weighted by atomic mass is 35.5. The molecule has 1 aliphatic heterocycles. The van der Waals surface area contributed by atoms with Crippen molar-refractivity contribution >= 4 is 50.8 Å². The van der Waals surface area contributed by atoms with Gasteiger partial charge in [-0.3, -0.25) is 9.52 Å². The van der Waals surface area contributed by atoms with Crippen LogP contribution in [-0.2, 0) is 21.2 Å². The van der Waals surface area contributed by atoms with Crippen molar-refractivity contribution in [1.82, 2.24) is 20.3 Å². The molecule has 4 aromatic rings. The standard InChI is InChI=1S/C26H25ClF2N6O2S.CH2O2/c1-2-15-10-22(33-23-14-31-26(34-25(15)23)32-18-11-17(28)12-30-13-18)16-7-8-21(20(29)9-16)35-38(36,37)24-6-4-3-5-19(24)27;2-1-3/h3-10,14,17-18,30,35H,2,11-13H2,1H3,(H,31,32,34);1H,(H,2,3)/t17-,18-;/m0./s1. The van der Waals surface area contributed by atoms with Crippen molar-refractivity contribution in [2.24, 2.45) is 0 Å². The van der Waals surface area contributed by atoms with Crippen molar-refractivity contribution in [3.05, 3.63) is 71.1 Å². The first-order valence-corrected chi connectivity index (χ1v) is 14.4. The number of alkyl halides is 1. The monoisotopic (exact) mass is 604 g/mol. The van der Waals surface area contributed by atoms with Crippen LogP contribution in [0.3, 0.4) is 0 Å². The molecule has 5 rings (SSSR count). The zero-order chi connectivity index (χ0) is 29.6. The number of hydrogen-bond donors (Lipinski definition) is 4. The van der Waals surface area contributed by atoms with Crippen LogP contribution >= 0.6 is 11.6 Å². The maximum atomic E-state index is 15.0. The van der Waals surface area contributed by atoms with Gasteiger partial charge >= 0.3 is 0 Å². The molecule has 1 saturated heterocycles. The number of anilines is 2. The molecule has 1 aliphatic rings. The molecule has 2 atom stereocenters. The van der Waals surface area contributed by atoms with E-state index in [1.807, 2.05) is 13.0 Å². The van der Waals surface area contributed by atoms with Crippen molar-refractivity contribution in [1.29, 1.82) is 0 Å². The number of hydrogen-bond acceptors (Lipinski definition) is 8. The van der Waals surface area contributed by atoms with E-state index >= 15 is 4.39 Å². The minimum Gasteiger partial charge on any atom is -0.483 e. The van der Waals surface area contributed by atoms with Gasteiger partial charge in [0.15, 0.2) is 0 Å². The van der Waals surface area contributed by atoms with Gasteiger partial charge < -0.3 is 15.7 Å². The topological polar surface area (TPSA) is 146 Å². The van der Waals surface area contributed by atoms with Crippen molar-refractivity contribution in [2.45, 2.75) is 36.9 Å². The Balaban J connectivity index is 0.00000124. The number of nitrogens with zero attached hydrogens (tertiary/aromatic N) is 3. The van der Waals surface area contributed by atoms with Crippen LogP contribution in [0.4, 0.5) is 20.4 Å². The summed E-state index contributed by atoms with van der Waals surface area (Å²) in [5.41, 5.74) is 2.80. The van der Waals surface area contributed by atoms with Crippen LogP contribution in [0, 0.1) is 5.82 Å². The molecule has 0 radical (unpaired) electrons. The minimum atomic E-state index is -4.09. The van der Waals surface area contributed by atoms with E-state index in [-0.39, 0.29) is 28.1 Å². The number of aryl methyl sites for hydroxylation is 1. The molecule has 2 aromatic carbocycles. The van der Waals surface area contributed by atoms with Gasteiger partial charge in [-0.1, -0.05) is 36.7 Å². The van der Waals surface area contributed by atoms with Crippen molar-refractivity contribution in [3.8, 4) is 11.3 Å². The Bertz CT molecular complexity index is 1660. The molecular weight excluding hydrogens is 578 g/mol. The molecule has 0 amide bonds. The van der Waals surface area contributed by atoms with E-state index in [9.17, 15) is 12.8 Å². The Kier molecular flexibility index (Phi) is 9.63. The molecule has 3 heterocycles. The molecule has 41 heavy (non-hydrogen) atoms. The summed E-state index contributed by atoms with van der Waals surface area (Å²) in [6.07, 6.45) is 1.68. The Morgan fingerprint density at radius 1 is 1.17 bits per heavy atom. The maximum Gasteiger partial charge on any atom is 0.290 e. The number of fused-ring (bicyclic) bond motifs is 1. The van der Waals surface area contributed by atoms with Gasteiger partial charge in [0.1, 0.15) is 22.4 Å². The minimum absolute atomic E-state index is 0.0343. The number of aromatic nitrogens is 3. The summed E-state index contributed by atoms with van der Waals surface area (Å²) in [4.78, 5) is 21.8. The second kappa shape index (κ2) is 13.1. The normalized spacial score (nSPS) is 16.9. The number of piperidine rings is 1. The third kappa shape index (κ3) is 7.23. The number of benzene rings is 2. The summed E-state index contributed by atoms with van der Waals surface area (Å²) in [5, 5.41) is 13.1. The first-order valence-electron chi connectivity index (χ1n) is 12.6. The van der Waals surface area contributed by atoms with Crippen LogP contribution in [0.2, 0.25) is 5.02 Å². The highest BCUT2D eigenvalue weighted by molar-refractivity contribution is 7.92. The summed E-state index contributed by atoms with van der Waals surface area (Å²) < 4.78 is 56.4. The van der Waals surface area contributed by atoms with E-state index in [2.05, 4.69) is 30.3 Å². The maximum absolute atomic E-state index is 15.0. The SMILES string of the molecule is CCc1cc(-c2ccc(NS(=O)(=O)c3ccccc3Cl)c(F)c2)nc2cnc(N[C@@H]3CNC[C@@H](F)C3)nc12.O=CO. The van der Waals surface area contributed by atoms with E-state index in [1.54, 1.807) is 18.3 Å². The zero-order valence-electron chi connectivity index (χ0n) is 21.8. The predicted molar refractivity (Wildman–Crippen MR) is 153 cm³/mol. The molecule has 0 spiro atoms. The Morgan fingerprint density at radius 2 is 1.93 bits per heavy atom. The molecule has 10 nitrogen and oxygen atoms in total. The largest absolute Gasteiger partial charge is 0.483 e. The predicted octanol–water partition coefficient (Wildman–Crippen LogP) is 4.66. The fourth-order valence-electron chi connectivity index (χ4n) is 4.38. The quantitative estimate of drug-likeness (QED) is 0.221. The van der Waals surface area contributed by atoms with Gasteiger partial charge in [0.05, 0.1) is 28.1 Å². The summed E-state index contributed by atoms with van der Waals surface area (Å²) in [6, 6.07) is 11.8. The number of pyridine rings is 1. The molecular formula is C27H27ClF2N6O4S. The summed E-state index contributed by atoms with van der Waals surface area (Å²) in [7, 11) is -4.09. The molecule has 0 aliphatic carbocycles. The van der Waals surface area contributed by atoms with E-state index in [0.717, 1.165) is 5.56 Å².